The van der Waals surface area contributed by atoms with E-state index in [4.69, 9.17) is 0 Å². The van der Waals surface area contributed by atoms with E-state index in [9.17, 15) is 4.79 Å². The van der Waals surface area contributed by atoms with Crippen molar-refractivity contribution in [1.82, 2.24) is 14.9 Å². The van der Waals surface area contributed by atoms with Gasteiger partial charge in [0.05, 0.1) is 0 Å². The Morgan fingerprint density at radius 2 is 1.85 bits per heavy atom. The quantitative estimate of drug-likeness (QED) is 0.895. The molecule has 0 saturated carbocycles. The highest BCUT2D eigenvalue weighted by molar-refractivity contribution is 5.94. The number of carbonyl (C=O) groups excluding carboxylic acids is 1. The Kier molecular flexibility index (Phi) is 5.71. The Balaban J connectivity index is 1.61. The molecular weight excluding hydrogens is 326 g/mol. The molecular formula is C20H27N5O. The molecule has 1 aliphatic heterocycles. The molecule has 138 valence electrons. The van der Waals surface area contributed by atoms with E-state index in [1.165, 1.54) is 6.42 Å². The van der Waals surface area contributed by atoms with Crippen molar-refractivity contribution in [3.63, 3.8) is 0 Å². The van der Waals surface area contributed by atoms with Gasteiger partial charge in [-0.1, -0.05) is 12.1 Å². The van der Waals surface area contributed by atoms with Crippen molar-refractivity contribution in [2.24, 2.45) is 0 Å². The molecule has 0 atom stereocenters. The molecule has 1 N–H and O–H groups in total. The largest absolute Gasteiger partial charge is 0.362 e. The highest BCUT2D eigenvalue weighted by Gasteiger charge is 2.17. The third kappa shape index (κ3) is 4.31. The van der Waals surface area contributed by atoms with Gasteiger partial charge >= 0.3 is 0 Å². The van der Waals surface area contributed by atoms with Crippen LogP contribution in [0.2, 0.25) is 0 Å². The molecule has 1 aromatic carbocycles. The first-order valence-electron chi connectivity index (χ1n) is 9.17. The van der Waals surface area contributed by atoms with Crippen molar-refractivity contribution < 1.29 is 4.79 Å². The second kappa shape index (κ2) is 8.17. The van der Waals surface area contributed by atoms with Crippen LogP contribution in [0.1, 0.15) is 40.7 Å². The number of aryl methyl sites for hydroxylation is 1. The number of piperidine rings is 1. The van der Waals surface area contributed by atoms with Gasteiger partial charge in [0.2, 0.25) is 5.95 Å². The van der Waals surface area contributed by atoms with E-state index >= 15 is 0 Å². The molecule has 1 aliphatic rings. The van der Waals surface area contributed by atoms with Gasteiger partial charge in [-0.3, -0.25) is 4.79 Å². The van der Waals surface area contributed by atoms with E-state index in [1.807, 2.05) is 61.3 Å². The monoisotopic (exact) mass is 353 g/mol. The molecule has 0 bridgehead atoms. The third-order valence-corrected chi connectivity index (χ3v) is 4.66. The van der Waals surface area contributed by atoms with Gasteiger partial charge in [0, 0.05) is 51.1 Å². The molecule has 6 nitrogen and oxygen atoms in total. The molecule has 1 saturated heterocycles. The fourth-order valence-electron chi connectivity index (χ4n) is 3.20. The van der Waals surface area contributed by atoms with E-state index in [0.29, 0.717) is 12.5 Å². The van der Waals surface area contributed by atoms with Crippen molar-refractivity contribution in [2.75, 3.05) is 37.4 Å². The fourth-order valence-corrected chi connectivity index (χ4v) is 3.20. The average molecular weight is 353 g/mol. The Labute approximate surface area is 155 Å². The maximum absolute atomic E-state index is 12.5. The van der Waals surface area contributed by atoms with Gasteiger partial charge < -0.3 is 15.1 Å². The van der Waals surface area contributed by atoms with Crippen LogP contribution in [0, 0.1) is 6.92 Å². The molecule has 26 heavy (non-hydrogen) atoms. The molecule has 2 heterocycles. The molecule has 1 aromatic heterocycles. The third-order valence-electron chi connectivity index (χ3n) is 4.66. The van der Waals surface area contributed by atoms with Crippen LogP contribution in [-0.2, 0) is 6.54 Å². The molecule has 1 fully saturated rings. The summed E-state index contributed by atoms with van der Waals surface area (Å²) >= 11 is 0. The molecule has 6 heteroatoms. The summed E-state index contributed by atoms with van der Waals surface area (Å²) in [5, 5.41) is 3.25. The Morgan fingerprint density at radius 3 is 2.50 bits per heavy atom. The summed E-state index contributed by atoms with van der Waals surface area (Å²) in [6.07, 6.45) is 5.27. The lowest BCUT2D eigenvalue weighted by atomic mass is 10.1. The number of hydrogen-bond acceptors (Lipinski definition) is 5. The second-order valence-corrected chi connectivity index (χ2v) is 7.00. The summed E-state index contributed by atoms with van der Waals surface area (Å²) < 4.78 is 0. The maximum Gasteiger partial charge on any atom is 0.253 e. The number of amides is 1. The maximum atomic E-state index is 12.5. The predicted molar refractivity (Wildman–Crippen MR) is 105 cm³/mol. The predicted octanol–water partition coefficient (Wildman–Crippen LogP) is 3.09. The van der Waals surface area contributed by atoms with Crippen molar-refractivity contribution in [3.05, 3.63) is 47.2 Å². The first-order valence-corrected chi connectivity index (χ1v) is 9.17. The summed E-state index contributed by atoms with van der Waals surface area (Å²) in [4.78, 5) is 25.3. The lowest BCUT2D eigenvalue weighted by molar-refractivity contribution is 0.0724. The number of nitrogens with zero attached hydrogens (tertiary/aromatic N) is 4. The number of rotatable bonds is 5. The summed E-state index contributed by atoms with van der Waals surface area (Å²) in [7, 11) is 3.94. The zero-order valence-corrected chi connectivity index (χ0v) is 15.8. The van der Waals surface area contributed by atoms with Gasteiger partial charge in [-0.2, -0.15) is 4.98 Å². The van der Waals surface area contributed by atoms with Gasteiger partial charge in [-0.05, 0) is 43.9 Å². The van der Waals surface area contributed by atoms with Crippen molar-refractivity contribution >= 4 is 17.7 Å². The first-order chi connectivity index (χ1) is 12.5. The van der Waals surface area contributed by atoms with E-state index in [1.54, 1.807) is 0 Å². The molecule has 2 aromatic rings. The number of carbonyl (C=O) groups is 1. The minimum Gasteiger partial charge on any atom is -0.362 e. The van der Waals surface area contributed by atoms with Crippen LogP contribution in [0.25, 0.3) is 0 Å². The second-order valence-electron chi connectivity index (χ2n) is 7.00. The van der Waals surface area contributed by atoms with Crippen molar-refractivity contribution in [3.8, 4) is 0 Å². The van der Waals surface area contributed by atoms with Crippen LogP contribution < -0.4 is 10.2 Å². The molecule has 0 aliphatic carbocycles. The normalized spacial score (nSPS) is 14.2. The SMILES string of the molecule is Cc1cnc(NCc2ccc(C(=O)N3CCCCC3)cc2)nc1N(C)C. The van der Waals surface area contributed by atoms with Crippen molar-refractivity contribution in [2.45, 2.75) is 32.7 Å². The van der Waals surface area contributed by atoms with E-state index in [-0.39, 0.29) is 5.91 Å². The summed E-state index contributed by atoms with van der Waals surface area (Å²) in [5.41, 5.74) is 2.90. The van der Waals surface area contributed by atoms with E-state index in [0.717, 1.165) is 48.4 Å². The van der Waals surface area contributed by atoms with Crippen LogP contribution >= 0.6 is 0 Å². The standard InChI is InChI=1S/C20H27N5O/c1-15-13-21-20(23-18(15)24(2)3)22-14-16-7-9-17(10-8-16)19(26)25-11-5-4-6-12-25/h7-10,13H,4-6,11-12,14H2,1-3H3,(H,21,22,23). The number of anilines is 2. The lowest BCUT2D eigenvalue weighted by Gasteiger charge is -2.26. The van der Waals surface area contributed by atoms with Crippen LogP contribution in [0.3, 0.4) is 0 Å². The van der Waals surface area contributed by atoms with Gasteiger partial charge in [0.25, 0.3) is 5.91 Å². The van der Waals surface area contributed by atoms with Crippen molar-refractivity contribution in [1.29, 1.82) is 0 Å². The average Bonchev–Trinajstić information content (AvgIpc) is 2.67. The van der Waals surface area contributed by atoms with E-state index < -0.39 is 0 Å². The minimum absolute atomic E-state index is 0.140. The zero-order valence-electron chi connectivity index (χ0n) is 15.8. The number of aromatic nitrogens is 2. The summed E-state index contributed by atoms with van der Waals surface area (Å²) in [6.45, 7) is 4.37. The van der Waals surface area contributed by atoms with Crippen LogP contribution in [0.4, 0.5) is 11.8 Å². The smallest absolute Gasteiger partial charge is 0.253 e. The van der Waals surface area contributed by atoms with Crippen LogP contribution in [0.5, 0.6) is 0 Å². The molecule has 0 radical (unpaired) electrons. The molecule has 0 unspecified atom stereocenters. The number of nitrogens with one attached hydrogen (secondary N) is 1. The van der Waals surface area contributed by atoms with Gasteiger partial charge in [0.15, 0.2) is 0 Å². The minimum atomic E-state index is 0.140. The highest BCUT2D eigenvalue weighted by atomic mass is 16.2. The Hall–Kier alpha value is -2.63. The van der Waals surface area contributed by atoms with Gasteiger partial charge in [-0.25, -0.2) is 4.98 Å². The zero-order chi connectivity index (χ0) is 18.5. The van der Waals surface area contributed by atoms with Crippen LogP contribution in [0.15, 0.2) is 30.5 Å². The lowest BCUT2D eigenvalue weighted by Crippen LogP contribution is -2.35. The fraction of sp³-hybridized carbons (Fsp3) is 0.450. The van der Waals surface area contributed by atoms with Crippen LogP contribution in [-0.4, -0.2) is 48.0 Å². The topological polar surface area (TPSA) is 61.4 Å². The van der Waals surface area contributed by atoms with Gasteiger partial charge in [0.1, 0.15) is 5.82 Å². The molecule has 1 amide bonds. The van der Waals surface area contributed by atoms with E-state index in [2.05, 4.69) is 15.3 Å². The Morgan fingerprint density at radius 1 is 1.15 bits per heavy atom. The molecule has 3 rings (SSSR count). The number of hydrogen-bond donors (Lipinski definition) is 1. The summed E-state index contributed by atoms with van der Waals surface area (Å²) in [5.74, 6) is 1.65. The number of benzene rings is 1. The molecule has 0 spiro atoms. The van der Waals surface area contributed by atoms with Gasteiger partial charge in [-0.15, -0.1) is 0 Å². The summed E-state index contributed by atoms with van der Waals surface area (Å²) in [6, 6.07) is 7.81. The number of likely N-dealkylation sites (tertiary alicyclic amines) is 1. The Bertz CT molecular complexity index is 751. The first kappa shape index (κ1) is 18.2. The highest BCUT2D eigenvalue weighted by Crippen LogP contribution is 2.17.